The van der Waals surface area contributed by atoms with E-state index in [0.29, 0.717) is 6.10 Å². The van der Waals surface area contributed by atoms with E-state index in [9.17, 15) is 0 Å². The van der Waals surface area contributed by atoms with Crippen LogP contribution in [0.15, 0.2) is 0 Å². The van der Waals surface area contributed by atoms with Gasteiger partial charge in [-0.1, -0.05) is 19.8 Å². The molecule has 1 aliphatic carbocycles. The molecule has 0 spiro atoms. The Bertz CT molecular complexity index is 134. The van der Waals surface area contributed by atoms with Crippen LogP contribution in [0.25, 0.3) is 0 Å². The van der Waals surface area contributed by atoms with Gasteiger partial charge in [0, 0.05) is 12.6 Å². The second-order valence-corrected chi connectivity index (χ2v) is 4.06. The lowest BCUT2D eigenvalue weighted by molar-refractivity contribution is 0.0263. The molecule has 2 heteroatoms. The molecule has 1 fully saturated rings. The summed E-state index contributed by atoms with van der Waals surface area (Å²) in [6.45, 7) is 5.07. The highest BCUT2D eigenvalue weighted by atomic mass is 16.5. The predicted molar refractivity (Wildman–Crippen MR) is 55.6 cm³/mol. The first kappa shape index (κ1) is 11.0. The molecule has 1 rings (SSSR count). The fourth-order valence-electron chi connectivity index (χ4n) is 1.83. The zero-order valence-electron chi connectivity index (χ0n) is 8.96. The Kier molecular flexibility index (Phi) is 4.74. The second-order valence-electron chi connectivity index (χ2n) is 4.06. The molecule has 1 aliphatic rings. The highest BCUT2D eigenvalue weighted by Crippen LogP contribution is 2.36. The van der Waals surface area contributed by atoms with E-state index < -0.39 is 0 Å². The molecule has 2 nitrogen and oxygen atoms in total. The minimum Gasteiger partial charge on any atom is -0.377 e. The van der Waals surface area contributed by atoms with E-state index >= 15 is 0 Å². The van der Waals surface area contributed by atoms with Gasteiger partial charge in [0.05, 0.1) is 6.10 Å². The Labute approximate surface area is 81.8 Å². The third-order valence-electron chi connectivity index (χ3n) is 2.76. The van der Waals surface area contributed by atoms with Gasteiger partial charge in [-0.3, -0.25) is 0 Å². The summed E-state index contributed by atoms with van der Waals surface area (Å²) in [5.41, 5.74) is 6.11. The van der Waals surface area contributed by atoms with E-state index in [2.05, 4.69) is 13.8 Å². The van der Waals surface area contributed by atoms with Crippen LogP contribution in [0.1, 0.15) is 46.0 Å². The van der Waals surface area contributed by atoms with Crippen molar-refractivity contribution in [1.29, 1.82) is 0 Å². The van der Waals surface area contributed by atoms with Crippen LogP contribution in [0.5, 0.6) is 0 Å². The molecule has 0 radical (unpaired) electrons. The van der Waals surface area contributed by atoms with Gasteiger partial charge in [-0.05, 0) is 32.1 Å². The molecule has 0 heterocycles. The molecule has 0 aromatic carbocycles. The van der Waals surface area contributed by atoms with Gasteiger partial charge in [0.2, 0.25) is 0 Å². The predicted octanol–water partition coefficient (Wildman–Crippen LogP) is 2.32. The summed E-state index contributed by atoms with van der Waals surface area (Å²) in [6, 6.07) is 0.271. The summed E-state index contributed by atoms with van der Waals surface area (Å²) in [7, 11) is 0. The van der Waals surface area contributed by atoms with Crippen molar-refractivity contribution in [3.8, 4) is 0 Å². The van der Waals surface area contributed by atoms with Crippen molar-refractivity contribution in [2.75, 3.05) is 6.61 Å². The minimum atomic E-state index is 0.271. The van der Waals surface area contributed by atoms with Crippen LogP contribution in [0.2, 0.25) is 0 Å². The van der Waals surface area contributed by atoms with Crippen molar-refractivity contribution in [2.45, 2.75) is 58.1 Å². The lowest BCUT2D eigenvalue weighted by Gasteiger charge is -2.23. The lowest BCUT2D eigenvalue weighted by Crippen LogP contribution is -2.38. The Morgan fingerprint density at radius 2 is 2.08 bits per heavy atom. The van der Waals surface area contributed by atoms with Crippen LogP contribution < -0.4 is 5.73 Å². The maximum Gasteiger partial charge on any atom is 0.0753 e. The highest BCUT2D eigenvalue weighted by molar-refractivity contribution is 4.88. The standard InChI is InChI=1S/C11H23NO/c1-3-5-6-10(12)11(13-4-2)9-7-8-9/h9-11H,3-8,12H2,1-2H3. The van der Waals surface area contributed by atoms with Gasteiger partial charge in [-0.2, -0.15) is 0 Å². The molecule has 0 saturated heterocycles. The third-order valence-corrected chi connectivity index (χ3v) is 2.76. The van der Waals surface area contributed by atoms with Crippen LogP contribution in [0.4, 0.5) is 0 Å². The summed E-state index contributed by atoms with van der Waals surface area (Å²) in [6.07, 6.45) is 6.58. The number of hydrogen-bond donors (Lipinski definition) is 1. The molecule has 78 valence electrons. The first-order chi connectivity index (χ1) is 6.29. The minimum absolute atomic E-state index is 0.271. The monoisotopic (exact) mass is 185 g/mol. The molecule has 1 saturated carbocycles. The number of unbranched alkanes of at least 4 members (excludes halogenated alkanes) is 1. The Balaban J connectivity index is 2.25. The maximum absolute atomic E-state index is 6.11. The van der Waals surface area contributed by atoms with E-state index in [0.717, 1.165) is 18.9 Å². The summed E-state index contributed by atoms with van der Waals surface area (Å²) in [4.78, 5) is 0. The van der Waals surface area contributed by atoms with Crippen LogP contribution in [0, 0.1) is 5.92 Å². The van der Waals surface area contributed by atoms with Gasteiger partial charge in [-0.25, -0.2) is 0 Å². The molecular formula is C11H23NO. The zero-order valence-corrected chi connectivity index (χ0v) is 8.96. The summed E-state index contributed by atoms with van der Waals surface area (Å²) < 4.78 is 5.70. The molecule has 13 heavy (non-hydrogen) atoms. The van der Waals surface area contributed by atoms with Crippen LogP contribution in [-0.2, 0) is 4.74 Å². The van der Waals surface area contributed by atoms with E-state index in [4.69, 9.17) is 10.5 Å². The van der Waals surface area contributed by atoms with Crippen LogP contribution in [-0.4, -0.2) is 18.8 Å². The van der Waals surface area contributed by atoms with E-state index in [-0.39, 0.29) is 6.04 Å². The lowest BCUT2D eigenvalue weighted by atomic mass is 10.0. The van der Waals surface area contributed by atoms with Gasteiger partial charge in [0.25, 0.3) is 0 Å². The Morgan fingerprint density at radius 1 is 1.38 bits per heavy atom. The second kappa shape index (κ2) is 5.61. The average Bonchev–Trinajstić information content (AvgIpc) is 2.93. The van der Waals surface area contributed by atoms with Gasteiger partial charge >= 0.3 is 0 Å². The quantitative estimate of drug-likeness (QED) is 0.660. The van der Waals surface area contributed by atoms with Crippen molar-refractivity contribution in [3.63, 3.8) is 0 Å². The molecule has 2 N–H and O–H groups in total. The maximum atomic E-state index is 6.11. The molecule has 0 aliphatic heterocycles. The molecule has 0 aromatic rings. The van der Waals surface area contributed by atoms with Gasteiger partial charge in [-0.15, -0.1) is 0 Å². The van der Waals surface area contributed by atoms with Crippen LogP contribution in [0.3, 0.4) is 0 Å². The van der Waals surface area contributed by atoms with E-state index in [1.807, 2.05) is 0 Å². The normalized spacial score (nSPS) is 21.5. The van der Waals surface area contributed by atoms with Crippen molar-refractivity contribution in [3.05, 3.63) is 0 Å². The van der Waals surface area contributed by atoms with Crippen molar-refractivity contribution in [2.24, 2.45) is 11.7 Å². The van der Waals surface area contributed by atoms with Crippen molar-refractivity contribution in [1.82, 2.24) is 0 Å². The fraction of sp³-hybridized carbons (Fsp3) is 1.00. The fourth-order valence-corrected chi connectivity index (χ4v) is 1.83. The van der Waals surface area contributed by atoms with E-state index in [1.54, 1.807) is 0 Å². The van der Waals surface area contributed by atoms with Crippen LogP contribution >= 0.6 is 0 Å². The van der Waals surface area contributed by atoms with Crippen molar-refractivity contribution < 1.29 is 4.74 Å². The summed E-state index contributed by atoms with van der Waals surface area (Å²) in [5.74, 6) is 0.770. The molecular weight excluding hydrogens is 162 g/mol. The molecule has 2 atom stereocenters. The first-order valence-corrected chi connectivity index (χ1v) is 5.66. The number of nitrogens with two attached hydrogens (primary N) is 1. The first-order valence-electron chi connectivity index (χ1n) is 5.66. The van der Waals surface area contributed by atoms with E-state index in [1.165, 1.54) is 25.7 Å². The topological polar surface area (TPSA) is 35.2 Å². The van der Waals surface area contributed by atoms with Crippen molar-refractivity contribution >= 4 is 0 Å². The van der Waals surface area contributed by atoms with Gasteiger partial charge < -0.3 is 10.5 Å². The number of rotatable bonds is 7. The Hall–Kier alpha value is -0.0800. The molecule has 2 unspecified atom stereocenters. The molecule has 0 amide bonds. The van der Waals surface area contributed by atoms with Gasteiger partial charge in [0.15, 0.2) is 0 Å². The third kappa shape index (κ3) is 3.65. The SMILES string of the molecule is CCCCC(N)C(OCC)C1CC1. The number of hydrogen-bond acceptors (Lipinski definition) is 2. The van der Waals surface area contributed by atoms with Gasteiger partial charge in [0.1, 0.15) is 0 Å². The summed E-state index contributed by atoms with van der Waals surface area (Å²) in [5, 5.41) is 0. The average molecular weight is 185 g/mol. The smallest absolute Gasteiger partial charge is 0.0753 e. The highest BCUT2D eigenvalue weighted by Gasteiger charge is 2.35. The molecule has 0 aromatic heterocycles. The zero-order chi connectivity index (χ0) is 9.68. The molecule has 0 bridgehead atoms. The number of ether oxygens (including phenoxy) is 1. The largest absolute Gasteiger partial charge is 0.377 e. The summed E-state index contributed by atoms with van der Waals surface area (Å²) >= 11 is 0. The Morgan fingerprint density at radius 3 is 2.54 bits per heavy atom.